The molecule has 0 bridgehead atoms. The molecule has 98 valence electrons. The number of anilines is 1. The molecule has 1 fully saturated rings. The summed E-state index contributed by atoms with van der Waals surface area (Å²) in [5, 5.41) is 5.47. The van der Waals surface area contributed by atoms with E-state index in [1.807, 2.05) is 0 Å². The Morgan fingerprint density at radius 2 is 2.16 bits per heavy atom. The fourth-order valence-electron chi connectivity index (χ4n) is 2.21. The van der Waals surface area contributed by atoms with Crippen molar-refractivity contribution in [2.45, 2.75) is 6.42 Å². The van der Waals surface area contributed by atoms with Crippen molar-refractivity contribution in [1.29, 1.82) is 0 Å². The van der Waals surface area contributed by atoms with E-state index in [1.165, 1.54) is 4.88 Å². The zero-order valence-electron chi connectivity index (χ0n) is 10.5. The number of piperazine rings is 1. The number of hydrogen-bond donors (Lipinski definition) is 1. The van der Waals surface area contributed by atoms with Crippen molar-refractivity contribution >= 4 is 38.6 Å². The van der Waals surface area contributed by atoms with Crippen molar-refractivity contribution in [1.82, 2.24) is 15.3 Å². The molecule has 1 N–H and O–H groups in total. The van der Waals surface area contributed by atoms with Crippen molar-refractivity contribution in [2.75, 3.05) is 31.1 Å². The molecular weight excluding hydrogens is 319 g/mol. The van der Waals surface area contributed by atoms with Gasteiger partial charge in [0.15, 0.2) is 0 Å². The molecule has 2 aromatic rings. The minimum atomic E-state index is 0.801. The van der Waals surface area contributed by atoms with Gasteiger partial charge in [-0.05, 0) is 0 Å². The van der Waals surface area contributed by atoms with Gasteiger partial charge in [-0.1, -0.05) is 0 Å². The summed E-state index contributed by atoms with van der Waals surface area (Å²) in [6.45, 7) is 4.08. The van der Waals surface area contributed by atoms with Crippen LogP contribution in [-0.4, -0.2) is 53.0 Å². The molecule has 2 aromatic heterocycles. The normalized spacial score (nSPS) is 15.7. The summed E-state index contributed by atoms with van der Waals surface area (Å²) in [4.78, 5) is 12.7. The van der Waals surface area contributed by atoms with E-state index in [9.17, 15) is 0 Å². The van der Waals surface area contributed by atoms with Gasteiger partial charge in [0.1, 0.15) is 0 Å². The topological polar surface area (TPSA) is 41.1 Å². The first kappa shape index (κ1) is 13.1. The number of nitrogens with one attached hydrogen (secondary N) is 1. The Bertz CT molecular complexity index is 538. The van der Waals surface area contributed by atoms with Gasteiger partial charge in [-0.2, -0.15) is 0 Å². The molecule has 6 heteroatoms. The Balaban J connectivity index is 1.82. The van der Waals surface area contributed by atoms with E-state index in [4.69, 9.17) is 0 Å². The fraction of sp³-hybridized carbons (Fsp3) is 0.385. The number of thiophene rings is 1. The molecule has 19 heavy (non-hydrogen) atoms. The fourth-order valence-corrected chi connectivity index (χ4v) is 3.41. The SMILES string of the molecule is [As]c1nc(Cc2cccs2)cc(N2CCNCC2)n1. The van der Waals surface area contributed by atoms with Crippen LogP contribution in [0, 0.1) is 0 Å². The zero-order chi connectivity index (χ0) is 13.1. The molecule has 3 rings (SSSR count). The molecule has 0 unspecified atom stereocenters. The number of hydrogen-bond acceptors (Lipinski definition) is 5. The van der Waals surface area contributed by atoms with Crippen molar-refractivity contribution in [3.05, 3.63) is 34.2 Å². The van der Waals surface area contributed by atoms with E-state index in [2.05, 4.69) is 60.6 Å². The van der Waals surface area contributed by atoms with Gasteiger partial charge in [0, 0.05) is 0 Å². The third-order valence-corrected chi connectivity index (χ3v) is 4.43. The summed E-state index contributed by atoms with van der Waals surface area (Å²) in [6, 6.07) is 6.37. The first-order valence-corrected chi connectivity index (χ1v) is 8.18. The second-order valence-electron chi connectivity index (χ2n) is 4.51. The summed E-state index contributed by atoms with van der Waals surface area (Å²) < 4.78 is 0.801. The van der Waals surface area contributed by atoms with Crippen LogP contribution in [0.4, 0.5) is 5.82 Å². The average Bonchev–Trinajstić information content (AvgIpc) is 2.92. The maximum absolute atomic E-state index is 4.55. The second-order valence-corrected chi connectivity index (χ2v) is 6.38. The van der Waals surface area contributed by atoms with Gasteiger partial charge in [0.25, 0.3) is 0 Å². The molecule has 0 amide bonds. The molecule has 0 aliphatic carbocycles. The molecule has 1 saturated heterocycles. The molecular formula is C13H15AsN4S. The predicted molar refractivity (Wildman–Crippen MR) is 79.6 cm³/mol. The predicted octanol–water partition coefficient (Wildman–Crippen LogP) is 0.332. The van der Waals surface area contributed by atoms with Gasteiger partial charge in [-0.15, -0.1) is 0 Å². The first-order valence-electron chi connectivity index (χ1n) is 6.36. The Labute approximate surface area is 125 Å². The monoisotopic (exact) mass is 334 g/mol. The third kappa shape index (κ3) is 3.35. The van der Waals surface area contributed by atoms with E-state index in [0.29, 0.717) is 0 Å². The summed E-state index contributed by atoms with van der Waals surface area (Å²) in [5.74, 6) is 1.05. The number of rotatable bonds is 3. The maximum atomic E-state index is 4.55. The molecule has 0 saturated carbocycles. The van der Waals surface area contributed by atoms with E-state index in [1.54, 1.807) is 11.3 Å². The molecule has 2 radical (unpaired) electrons. The minimum absolute atomic E-state index is 0.801. The molecule has 1 aliphatic heterocycles. The summed E-state index contributed by atoms with van der Waals surface area (Å²) >= 11 is 4.23. The standard InChI is InChI=1S/C13H15AsN4S/c14-13-16-10(8-11-2-1-7-19-11)9-12(17-13)18-5-3-15-4-6-18/h1-2,7,9,15H,3-6,8H2. The molecule has 0 spiro atoms. The Kier molecular flexibility index (Phi) is 4.16. The second kappa shape index (κ2) is 6.03. The van der Waals surface area contributed by atoms with Gasteiger partial charge in [-0.3, -0.25) is 0 Å². The van der Waals surface area contributed by atoms with E-state index in [-0.39, 0.29) is 0 Å². The first-order chi connectivity index (χ1) is 9.31. The van der Waals surface area contributed by atoms with Crippen LogP contribution < -0.4 is 14.8 Å². The van der Waals surface area contributed by atoms with Crippen LogP contribution in [0.2, 0.25) is 0 Å². The van der Waals surface area contributed by atoms with Crippen LogP contribution in [0.3, 0.4) is 0 Å². The van der Waals surface area contributed by atoms with Gasteiger partial charge in [0.05, 0.1) is 0 Å². The molecule has 0 aromatic carbocycles. The third-order valence-electron chi connectivity index (χ3n) is 3.13. The van der Waals surface area contributed by atoms with E-state index in [0.717, 1.165) is 48.7 Å². The number of aromatic nitrogens is 2. The summed E-state index contributed by atoms with van der Waals surface area (Å²) in [5.41, 5.74) is 1.10. The molecule has 4 nitrogen and oxygen atoms in total. The van der Waals surface area contributed by atoms with Crippen molar-refractivity contribution in [3.8, 4) is 0 Å². The van der Waals surface area contributed by atoms with Gasteiger partial charge in [0.2, 0.25) is 0 Å². The van der Waals surface area contributed by atoms with Gasteiger partial charge < -0.3 is 0 Å². The van der Waals surface area contributed by atoms with Crippen LogP contribution in [0.25, 0.3) is 0 Å². The van der Waals surface area contributed by atoms with Gasteiger partial charge in [-0.25, -0.2) is 0 Å². The zero-order valence-corrected chi connectivity index (χ0v) is 13.2. The Morgan fingerprint density at radius 3 is 2.89 bits per heavy atom. The van der Waals surface area contributed by atoms with Crippen LogP contribution in [0.5, 0.6) is 0 Å². The van der Waals surface area contributed by atoms with Crippen LogP contribution in [0.1, 0.15) is 10.6 Å². The molecule has 0 atom stereocenters. The molecule has 3 heterocycles. The van der Waals surface area contributed by atoms with E-state index >= 15 is 0 Å². The van der Waals surface area contributed by atoms with Gasteiger partial charge >= 0.3 is 126 Å². The average molecular weight is 334 g/mol. The quantitative estimate of drug-likeness (QED) is 0.822. The summed E-state index contributed by atoms with van der Waals surface area (Å²) in [6.07, 6.45) is 0.893. The van der Waals surface area contributed by atoms with Crippen molar-refractivity contribution < 1.29 is 0 Å². The van der Waals surface area contributed by atoms with Crippen molar-refractivity contribution in [3.63, 3.8) is 0 Å². The van der Waals surface area contributed by atoms with Crippen LogP contribution in [0.15, 0.2) is 23.6 Å². The van der Waals surface area contributed by atoms with Crippen LogP contribution in [-0.2, 0) is 6.42 Å². The number of nitrogens with zero attached hydrogens (tertiary/aromatic N) is 3. The van der Waals surface area contributed by atoms with E-state index < -0.39 is 0 Å². The Hall–Kier alpha value is -0.902. The summed E-state index contributed by atoms with van der Waals surface area (Å²) in [7, 11) is 0. The molecule has 1 aliphatic rings. The Morgan fingerprint density at radius 1 is 1.32 bits per heavy atom. The van der Waals surface area contributed by atoms with Crippen LogP contribution >= 0.6 is 11.3 Å². The van der Waals surface area contributed by atoms with Crippen molar-refractivity contribution in [2.24, 2.45) is 0 Å².